The van der Waals surface area contributed by atoms with Crippen LogP contribution in [0.3, 0.4) is 0 Å². The van der Waals surface area contributed by atoms with Crippen LogP contribution in [0.5, 0.6) is 0 Å². The zero-order valence-corrected chi connectivity index (χ0v) is 12.1. The molecular formula is C14H15ClN4O2. The van der Waals surface area contributed by atoms with Crippen molar-refractivity contribution in [1.29, 1.82) is 5.26 Å². The summed E-state index contributed by atoms with van der Waals surface area (Å²) in [7, 11) is 0. The maximum Gasteiger partial charge on any atom is 0.312 e. The van der Waals surface area contributed by atoms with Crippen molar-refractivity contribution in [3.05, 3.63) is 29.3 Å². The number of halogens is 1. The van der Waals surface area contributed by atoms with Gasteiger partial charge in [-0.05, 0) is 24.3 Å². The summed E-state index contributed by atoms with van der Waals surface area (Å²) in [5, 5.41) is 11.3. The molecule has 0 unspecified atom stereocenters. The summed E-state index contributed by atoms with van der Waals surface area (Å²) >= 11 is 5.85. The molecule has 1 N–H and O–H groups in total. The Morgan fingerprint density at radius 3 is 2.38 bits per heavy atom. The van der Waals surface area contributed by atoms with E-state index >= 15 is 0 Å². The Morgan fingerprint density at radius 2 is 1.81 bits per heavy atom. The van der Waals surface area contributed by atoms with E-state index in [1.807, 2.05) is 24.3 Å². The third kappa shape index (κ3) is 3.86. The fraction of sp³-hybridized carbons (Fsp3) is 0.357. The molecule has 7 heteroatoms. The van der Waals surface area contributed by atoms with Gasteiger partial charge in [0.1, 0.15) is 6.54 Å². The summed E-state index contributed by atoms with van der Waals surface area (Å²) in [4.78, 5) is 27.0. The monoisotopic (exact) mass is 306 g/mol. The molecule has 1 aliphatic rings. The van der Waals surface area contributed by atoms with Gasteiger partial charge in [0.25, 0.3) is 0 Å². The minimum absolute atomic E-state index is 0.157. The topological polar surface area (TPSA) is 76.4 Å². The highest BCUT2D eigenvalue weighted by atomic mass is 35.5. The number of carbonyl (C=O) groups excluding carboxylic acids is 2. The Hall–Kier alpha value is -2.26. The van der Waals surface area contributed by atoms with E-state index < -0.39 is 11.8 Å². The summed E-state index contributed by atoms with van der Waals surface area (Å²) in [6.07, 6.45) is 0. The van der Waals surface area contributed by atoms with E-state index in [-0.39, 0.29) is 6.54 Å². The number of carbonyl (C=O) groups is 2. The molecule has 0 bridgehead atoms. The second-order valence-electron chi connectivity index (χ2n) is 4.60. The number of anilines is 1. The zero-order chi connectivity index (χ0) is 15.2. The molecule has 1 saturated heterocycles. The third-order valence-corrected chi connectivity index (χ3v) is 3.53. The summed E-state index contributed by atoms with van der Waals surface area (Å²) < 4.78 is 0. The van der Waals surface area contributed by atoms with Crippen molar-refractivity contribution in [2.75, 3.05) is 37.6 Å². The van der Waals surface area contributed by atoms with Crippen molar-refractivity contribution in [2.45, 2.75) is 0 Å². The Morgan fingerprint density at radius 1 is 1.19 bits per heavy atom. The highest BCUT2D eigenvalue weighted by molar-refractivity contribution is 6.35. The normalized spacial score (nSPS) is 14.5. The first kappa shape index (κ1) is 15.1. The maximum absolute atomic E-state index is 11.9. The van der Waals surface area contributed by atoms with Gasteiger partial charge in [-0.25, -0.2) is 0 Å². The van der Waals surface area contributed by atoms with E-state index in [2.05, 4.69) is 10.2 Å². The van der Waals surface area contributed by atoms with E-state index in [4.69, 9.17) is 16.9 Å². The van der Waals surface area contributed by atoms with Gasteiger partial charge in [0.2, 0.25) is 0 Å². The van der Waals surface area contributed by atoms with Gasteiger partial charge in [0.05, 0.1) is 6.07 Å². The third-order valence-electron chi connectivity index (χ3n) is 3.28. The van der Waals surface area contributed by atoms with E-state index in [0.29, 0.717) is 31.2 Å². The first-order chi connectivity index (χ1) is 10.1. The molecule has 1 aromatic rings. The Labute approximate surface area is 127 Å². The van der Waals surface area contributed by atoms with Gasteiger partial charge < -0.3 is 15.1 Å². The van der Waals surface area contributed by atoms with Gasteiger partial charge in [-0.1, -0.05) is 11.6 Å². The predicted molar refractivity (Wildman–Crippen MR) is 78.9 cm³/mol. The van der Waals surface area contributed by atoms with Crippen LogP contribution in [-0.2, 0) is 9.59 Å². The molecule has 6 nitrogen and oxygen atoms in total. The number of hydrogen-bond donors (Lipinski definition) is 1. The number of nitrogens with one attached hydrogen (secondary N) is 1. The summed E-state index contributed by atoms with van der Waals surface area (Å²) in [6, 6.07) is 9.27. The van der Waals surface area contributed by atoms with Gasteiger partial charge in [-0.3, -0.25) is 9.59 Å². The highest BCUT2D eigenvalue weighted by Gasteiger charge is 2.25. The number of benzene rings is 1. The van der Waals surface area contributed by atoms with E-state index in [0.717, 1.165) is 5.69 Å². The fourth-order valence-corrected chi connectivity index (χ4v) is 2.28. The molecule has 0 aromatic heterocycles. The lowest BCUT2D eigenvalue weighted by atomic mass is 10.2. The molecule has 2 rings (SSSR count). The van der Waals surface area contributed by atoms with E-state index in [9.17, 15) is 9.59 Å². The van der Waals surface area contributed by atoms with E-state index in [1.165, 1.54) is 4.90 Å². The summed E-state index contributed by atoms with van der Waals surface area (Å²) in [5.74, 6) is -1.31. The van der Waals surface area contributed by atoms with Gasteiger partial charge in [-0.15, -0.1) is 0 Å². The standard InChI is InChI=1S/C14H15ClN4O2/c15-11-1-3-12(4-2-11)18-7-9-19(10-8-18)14(21)13(20)17-6-5-16/h1-4H,6-10H2,(H,17,20). The van der Waals surface area contributed by atoms with Crippen LogP contribution in [0.25, 0.3) is 0 Å². The molecule has 0 saturated carbocycles. The summed E-state index contributed by atoms with van der Waals surface area (Å²) in [5.41, 5.74) is 1.04. The minimum atomic E-state index is -0.725. The average Bonchev–Trinajstić information content (AvgIpc) is 2.53. The number of nitrogens with zero attached hydrogens (tertiary/aromatic N) is 3. The van der Waals surface area contributed by atoms with Crippen molar-refractivity contribution >= 4 is 29.1 Å². The Bertz CT molecular complexity index is 559. The molecular weight excluding hydrogens is 292 g/mol. The molecule has 0 atom stereocenters. The van der Waals surface area contributed by atoms with Gasteiger partial charge in [0.15, 0.2) is 0 Å². The number of piperazine rings is 1. The van der Waals surface area contributed by atoms with Crippen LogP contribution in [0, 0.1) is 11.3 Å². The van der Waals surface area contributed by atoms with Crippen LogP contribution in [-0.4, -0.2) is 49.4 Å². The first-order valence-electron chi connectivity index (χ1n) is 6.56. The van der Waals surface area contributed by atoms with Gasteiger partial charge in [0, 0.05) is 36.9 Å². The van der Waals surface area contributed by atoms with Crippen molar-refractivity contribution in [1.82, 2.24) is 10.2 Å². The molecule has 1 aromatic carbocycles. The van der Waals surface area contributed by atoms with Crippen molar-refractivity contribution in [3.8, 4) is 6.07 Å². The Kier molecular flexibility index (Phi) is 5.01. The molecule has 2 amide bonds. The lowest BCUT2D eigenvalue weighted by molar-refractivity contribution is -0.145. The smallest absolute Gasteiger partial charge is 0.312 e. The van der Waals surface area contributed by atoms with E-state index in [1.54, 1.807) is 6.07 Å². The lowest BCUT2D eigenvalue weighted by Gasteiger charge is -2.35. The molecule has 110 valence electrons. The molecule has 0 spiro atoms. The van der Waals surface area contributed by atoms with Crippen LogP contribution in [0.2, 0.25) is 5.02 Å². The highest BCUT2D eigenvalue weighted by Crippen LogP contribution is 2.19. The maximum atomic E-state index is 11.9. The predicted octanol–water partition coefficient (Wildman–Crippen LogP) is 0.628. The zero-order valence-electron chi connectivity index (χ0n) is 11.4. The van der Waals surface area contributed by atoms with Crippen LogP contribution in [0.1, 0.15) is 0 Å². The SMILES string of the molecule is N#CCNC(=O)C(=O)N1CCN(c2ccc(Cl)cc2)CC1. The van der Waals surface area contributed by atoms with Crippen LogP contribution in [0.4, 0.5) is 5.69 Å². The van der Waals surface area contributed by atoms with Crippen LogP contribution < -0.4 is 10.2 Å². The minimum Gasteiger partial charge on any atom is -0.368 e. The van der Waals surface area contributed by atoms with Crippen molar-refractivity contribution in [2.24, 2.45) is 0 Å². The quantitative estimate of drug-likeness (QED) is 0.642. The molecule has 1 fully saturated rings. The summed E-state index contributed by atoms with van der Waals surface area (Å²) in [6.45, 7) is 2.09. The van der Waals surface area contributed by atoms with Crippen molar-refractivity contribution in [3.63, 3.8) is 0 Å². The molecule has 0 aliphatic carbocycles. The second-order valence-corrected chi connectivity index (χ2v) is 5.03. The van der Waals surface area contributed by atoms with Crippen molar-refractivity contribution < 1.29 is 9.59 Å². The number of hydrogen-bond acceptors (Lipinski definition) is 4. The van der Waals surface area contributed by atoms with Gasteiger partial charge >= 0.3 is 11.8 Å². The largest absolute Gasteiger partial charge is 0.368 e. The Balaban J connectivity index is 1.88. The molecule has 21 heavy (non-hydrogen) atoms. The fourth-order valence-electron chi connectivity index (χ4n) is 2.16. The second kappa shape index (κ2) is 6.95. The first-order valence-corrected chi connectivity index (χ1v) is 6.94. The molecule has 1 aliphatic heterocycles. The average molecular weight is 307 g/mol. The molecule has 0 radical (unpaired) electrons. The molecule has 1 heterocycles. The number of nitriles is 1. The van der Waals surface area contributed by atoms with Crippen LogP contribution >= 0.6 is 11.6 Å². The lowest BCUT2D eigenvalue weighted by Crippen LogP contribution is -2.52. The van der Waals surface area contributed by atoms with Crippen LogP contribution in [0.15, 0.2) is 24.3 Å². The number of rotatable bonds is 2. The number of amides is 2. The van der Waals surface area contributed by atoms with Gasteiger partial charge in [-0.2, -0.15) is 5.26 Å².